The standard InChI is InChI=1S/C8H13BFN2O3.Li/c1-12(5-4-10)7-2-3-8(11-6-7)9(13,14)15;/h2-3,6,13-15H,4-5H2,1H3;/q-1;+1. The van der Waals surface area contributed by atoms with Gasteiger partial charge in [0.1, 0.15) is 6.67 Å². The molecule has 16 heavy (non-hydrogen) atoms. The van der Waals surface area contributed by atoms with Gasteiger partial charge in [0.15, 0.2) is 0 Å². The first-order valence-electron chi connectivity index (χ1n) is 4.50. The van der Waals surface area contributed by atoms with Gasteiger partial charge in [0.05, 0.1) is 5.69 Å². The third kappa shape index (κ3) is 4.12. The second-order valence-corrected chi connectivity index (χ2v) is 3.29. The van der Waals surface area contributed by atoms with Crippen molar-refractivity contribution in [2.75, 3.05) is 25.2 Å². The largest absolute Gasteiger partial charge is 1.00 e. The number of anilines is 1. The quantitative estimate of drug-likeness (QED) is 0.448. The Labute approximate surface area is 105 Å². The summed E-state index contributed by atoms with van der Waals surface area (Å²) in [6.45, 7) is -3.80. The van der Waals surface area contributed by atoms with Gasteiger partial charge in [-0.2, -0.15) is 0 Å². The van der Waals surface area contributed by atoms with Crippen LogP contribution in [-0.4, -0.2) is 47.1 Å². The van der Waals surface area contributed by atoms with Crippen LogP contribution < -0.4 is 29.4 Å². The van der Waals surface area contributed by atoms with Crippen molar-refractivity contribution < 1.29 is 38.3 Å². The topological polar surface area (TPSA) is 76.8 Å². The molecule has 0 unspecified atom stereocenters. The van der Waals surface area contributed by atoms with Crippen molar-refractivity contribution in [1.29, 1.82) is 0 Å². The van der Waals surface area contributed by atoms with Gasteiger partial charge in [0.25, 0.3) is 0 Å². The molecule has 0 aliphatic rings. The molecule has 3 N–H and O–H groups in total. The molecule has 0 saturated carbocycles. The molecule has 1 rings (SSSR count). The molecule has 1 aromatic heterocycles. The fourth-order valence-electron chi connectivity index (χ4n) is 1.11. The smallest absolute Gasteiger partial charge is 0.555 e. The Morgan fingerprint density at radius 3 is 2.38 bits per heavy atom. The fourth-order valence-corrected chi connectivity index (χ4v) is 1.11. The van der Waals surface area contributed by atoms with Crippen molar-refractivity contribution in [3.8, 4) is 0 Å². The molecular weight excluding hydrogens is 209 g/mol. The van der Waals surface area contributed by atoms with E-state index in [4.69, 9.17) is 15.1 Å². The molecule has 0 fully saturated rings. The fraction of sp³-hybridized carbons (Fsp3) is 0.375. The molecule has 84 valence electrons. The average molecular weight is 222 g/mol. The summed E-state index contributed by atoms with van der Waals surface area (Å²) in [6, 6.07) is 2.81. The SMILES string of the molecule is CN(CCF)c1ccc([B-](O)(O)O)nc1.[Li+]. The van der Waals surface area contributed by atoms with Crippen molar-refractivity contribution in [1.82, 2.24) is 4.98 Å². The first-order chi connectivity index (χ1) is 6.95. The summed E-state index contributed by atoms with van der Waals surface area (Å²) >= 11 is 0. The van der Waals surface area contributed by atoms with Crippen LogP contribution in [0.25, 0.3) is 0 Å². The predicted octanol–water partition coefficient (Wildman–Crippen LogP) is -4.39. The Bertz CT molecular complexity index is 320. The Morgan fingerprint density at radius 2 is 2.00 bits per heavy atom. The third-order valence-electron chi connectivity index (χ3n) is 2.03. The van der Waals surface area contributed by atoms with Crippen LogP contribution in [0.5, 0.6) is 0 Å². The van der Waals surface area contributed by atoms with Crippen LogP contribution in [0.1, 0.15) is 0 Å². The third-order valence-corrected chi connectivity index (χ3v) is 2.03. The van der Waals surface area contributed by atoms with Crippen LogP contribution in [-0.2, 0) is 0 Å². The van der Waals surface area contributed by atoms with E-state index in [9.17, 15) is 4.39 Å². The van der Waals surface area contributed by atoms with Crippen LogP contribution in [0.3, 0.4) is 0 Å². The van der Waals surface area contributed by atoms with Gasteiger partial charge >= 0.3 is 25.6 Å². The molecule has 0 atom stereocenters. The van der Waals surface area contributed by atoms with E-state index in [0.29, 0.717) is 5.69 Å². The van der Waals surface area contributed by atoms with Crippen molar-refractivity contribution >= 4 is 18.0 Å². The number of aromatic nitrogens is 1. The minimum atomic E-state index is -3.55. The van der Waals surface area contributed by atoms with Crippen molar-refractivity contribution in [2.24, 2.45) is 0 Å². The van der Waals surface area contributed by atoms with E-state index >= 15 is 0 Å². The van der Waals surface area contributed by atoms with Gasteiger partial charge in [-0.15, -0.1) is 0 Å². The van der Waals surface area contributed by atoms with E-state index in [0.717, 1.165) is 0 Å². The zero-order valence-corrected chi connectivity index (χ0v) is 9.34. The minimum absolute atomic E-state index is 0. The zero-order chi connectivity index (χ0) is 11.5. The molecule has 5 nitrogen and oxygen atoms in total. The van der Waals surface area contributed by atoms with E-state index in [2.05, 4.69) is 4.98 Å². The number of hydrogen-bond acceptors (Lipinski definition) is 5. The zero-order valence-electron chi connectivity index (χ0n) is 9.34. The van der Waals surface area contributed by atoms with E-state index < -0.39 is 13.4 Å². The summed E-state index contributed by atoms with van der Waals surface area (Å²) in [5.74, 6) is 0. The average Bonchev–Trinajstić information content (AvgIpc) is 2.17. The van der Waals surface area contributed by atoms with Gasteiger partial charge in [0, 0.05) is 19.8 Å². The molecule has 0 spiro atoms. The number of alkyl halides is 1. The Hall–Kier alpha value is -0.578. The Morgan fingerprint density at radius 1 is 1.38 bits per heavy atom. The van der Waals surface area contributed by atoms with E-state index in [1.807, 2.05) is 0 Å². The molecular formula is C8H13BFLiN2O3. The van der Waals surface area contributed by atoms with Crippen molar-refractivity contribution in [2.45, 2.75) is 0 Å². The summed E-state index contributed by atoms with van der Waals surface area (Å²) in [6.07, 6.45) is 1.34. The second kappa shape index (κ2) is 6.23. The van der Waals surface area contributed by atoms with Gasteiger partial charge in [-0.1, -0.05) is 6.07 Å². The number of halogens is 1. The second-order valence-electron chi connectivity index (χ2n) is 3.29. The number of rotatable bonds is 4. The molecule has 1 aromatic rings. The van der Waals surface area contributed by atoms with Gasteiger partial charge < -0.3 is 20.0 Å². The molecule has 0 amide bonds. The van der Waals surface area contributed by atoms with E-state index in [1.165, 1.54) is 18.3 Å². The van der Waals surface area contributed by atoms with Gasteiger partial charge in [0.2, 0.25) is 0 Å². The molecule has 0 radical (unpaired) electrons. The van der Waals surface area contributed by atoms with Crippen LogP contribution in [0, 0.1) is 0 Å². The van der Waals surface area contributed by atoms with E-state index in [-0.39, 0.29) is 31.0 Å². The molecule has 0 aromatic carbocycles. The van der Waals surface area contributed by atoms with Crippen LogP contribution >= 0.6 is 0 Å². The predicted molar refractivity (Wildman–Crippen MR) is 55.5 cm³/mol. The summed E-state index contributed by atoms with van der Waals surface area (Å²) in [7, 11) is 1.69. The van der Waals surface area contributed by atoms with Gasteiger partial charge in [-0.05, 0) is 11.7 Å². The molecule has 0 aliphatic heterocycles. The van der Waals surface area contributed by atoms with Crippen molar-refractivity contribution in [3.63, 3.8) is 0 Å². The first-order valence-corrected chi connectivity index (χ1v) is 4.50. The summed E-state index contributed by atoms with van der Waals surface area (Å²) in [5.41, 5.74) is 0.420. The number of nitrogens with zero attached hydrogens (tertiary/aromatic N) is 2. The van der Waals surface area contributed by atoms with Crippen LogP contribution in [0.2, 0.25) is 0 Å². The Kier molecular flexibility index (Phi) is 6.00. The summed E-state index contributed by atoms with van der Waals surface area (Å²) in [4.78, 5) is 5.29. The normalized spacial score (nSPS) is 10.8. The summed E-state index contributed by atoms with van der Waals surface area (Å²) in [5, 5.41) is 26.6. The van der Waals surface area contributed by atoms with Gasteiger partial charge in [-0.25, -0.2) is 4.39 Å². The molecule has 8 heteroatoms. The maximum atomic E-state index is 12.0. The monoisotopic (exact) mass is 222 g/mol. The van der Waals surface area contributed by atoms with Crippen molar-refractivity contribution in [3.05, 3.63) is 18.3 Å². The molecule has 0 bridgehead atoms. The first kappa shape index (κ1) is 15.4. The molecule has 0 aliphatic carbocycles. The maximum Gasteiger partial charge on any atom is 1.00 e. The molecule has 1 heterocycles. The van der Waals surface area contributed by atoms with E-state index in [1.54, 1.807) is 11.9 Å². The van der Waals surface area contributed by atoms with Gasteiger partial charge in [-0.3, -0.25) is 4.98 Å². The number of pyridine rings is 1. The molecule has 0 saturated heterocycles. The number of hydrogen-bond donors (Lipinski definition) is 3. The van der Waals surface area contributed by atoms with Crippen LogP contribution in [0.15, 0.2) is 18.3 Å². The van der Waals surface area contributed by atoms with Crippen LogP contribution in [0.4, 0.5) is 10.1 Å². The Balaban J connectivity index is 0.00000225. The summed E-state index contributed by atoms with van der Waals surface area (Å²) < 4.78 is 12.0. The minimum Gasteiger partial charge on any atom is -0.555 e. The maximum absolute atomic E-state index is 12.0.